The third-order valence-corrected chi connectivity index (χ3v) is 5.76. The van der Waals surface area contributed by atoms with Gasteiger partial charge in [0.15, 0.2) is 0 Å². The Bertz CT molecular complexity index is 370. The number of aryl methyl sites for hydroxylation is 1. The van der Waals surface area contributed by atoms with Crippen molar-refractivity contribution in [2.75, 3.05) is 0 Å². The molecular formula is C17H25Br. The van der Waals surface area contributed by atoms with Crippen molar-refractivity contribution in [1.82, 2.24) is 0 Å². The predicted molar refractivity (Wildman–Crippen MR) is 83.5 cm³/mol. The molecule has 1 aliphatic rings. The van der Waals surface area contributed by atoms with Crippen LogP contribution in [0.25, 0.3) is 0 Å². The minimum Gasteiger partial charge on any atom is -0.0888 e. The molecule has 0 bridgehead atoms. The standard InChI is InChI=1S/C17H25Br/c1-13(2)17(18)12-6-10-15-9-5-8-14-7-3-4-11-16(14)15/h3-4,7,11,13,15,17H,5-6,8-10,12H2,1-2H3. The summed E-state index contributed by atoms with van der Waals surface area (Å²) in [5.74, 6) is 1.57. The number of rotatable bonds is 5. The molecule has 1 heteroatoms. The first-order valence-electron chi connectivity index (χ1n) is 7.40. The van der Waals surface area contributed by atoms with Crippen LogP contribution in [0.15, 0.2) is 24.3 Å². The average Bonchev–Trinajstić information content (AvgIpc) is 2.38. The number of hydrogen-bond acceptors (Lipinski definition) is 0. The smallest absolute Gasteiger partial charge is 0.0168 e. The maximum atomic E-state index is 3.80. The fraction of sp³-hybridized carbons (Fsp3) is 0.647. The number of halogens is 1. The molecule has 0 aliphatic heterocycles. The summed E-state index contributed by atoms with van der Waals surface area (Å²) < 4.78 is 0. The molecule has 0 N–H and O–H groups in total. The van der Waals surface area contributed by atoms with Crippen molar-refractivity contribution in [1.29, 1.82) is 0 Å². The summed E-state index contributed by atoms with van der Waals surface area (Å²) in [4.78, 5) is 0.691. The van der Waals surface area contributed by atoms with Crippen LogP contribution < -0.4 is 0 Å². The van der Waals surface area contributed by atoms with Crippen LogP contribution >= 0.6 is 15.9 Å². The highest BCUT2D eigenvalue weighted by Gasteiger charge is 2.19. The number of alkyl halides is 1. The topological polar surface area (TPSA) is 0 Å². The van der Waals surface area contributed by atoms with Gasteiger partial charge in [-0.15, -0.1) is 0 Å². The summed E-state index contributed by atoms with van der Waals surface area (Å²) >= 11 is 3.80. The molecule has 1 aromatic rings. The molecule has 0 nitrogen and oxygen atoms in total. The van der Waals surface area contributed by atoms with Gasteiger partial charge in [0.05, 0.1) is 0 Å². The molecule has 2 atom stereocenters. The molecule has 1 aliphatic carbocycles. The van der Waals surface area contributed by atoms with E-state index in [-0.39, 0.29) is 0 Å². The van der Waals surface area contributed by atoms with E-state index in [0.717, 1.165) is 11.8 Å². The fourth-order valence-corrected chi connectivity index (χ4v) is 3.37. The fourth-order valence-electron chi connectivity index (χ4n) is 3.05. The van der Waals surface area contributed by atoms with Crippen LogP contribution in [0.2, 0.25) is 0 Å². The Morgan fingerprint density at radius 1 is 1.28 bits per heavy atom. The van der Waals surface area contributed by atoms with Crippen LogP contribution in [0.1, 0.15) is 63.0 Å². The van der Waals surface area contributed by atoms with E-state index in [1.54, 1.807) is 11.1 Å². The third kappa shape index (κ3) is 3.60. The van der Waals surface area contributed by atoms with E-state index in [9.17, 15) is 0 Å². The van der Waals surface area contributed by atoms with Gasteiger partial charge in [0.2, 0.25) is 0 Å². The largest absolute Gasteiger partial charge is 0.0888 e. The zero-order valence-corrected chi connectivity index (χ0v) is 13.2. The second kappa shape index (κ2) is 6.75. The normalized spacial score (nSPS) is 20.8. The summed E-state index contributed by atoms with van der Waals surface area (Å²) in [6.45, 7) is 4.60. The molecule has 100 valence electrons. The average molecular weight is 309 g/mol. The second-order valence-electron chi connectivity index (χ2n) is 5.98. The van der Waals surface area contributed by atoms with E-state index in [2.05, 4.69) is 54.0 Å². The van der Waals surface area contributed by atoms with Gasteiger partial charge in [-0.1, -0.05) is 60.5 Å². The lowest BCUT2D eigenvalue weighted by Crippen LogP contribution is -2.11. The molecule has 0 saturated carbocycles. The lowest BCUT2D eigenvalue weighted by Gasteiger charge is -2.26. The van der Waals surface area contributed by atoms with E-state index in [4.69, 9.17) is 0 Å². The highest BCUT2D eigenvalue weighted by molar-refractivity contribution is 9.09. The quantitative estimate of drug-likeness (QED) is 0.612. The zero-order valence-electron chi connectivity index (χ0n) is 11.7. The van der Waals surface area contributed by atoms with E-state index in [0.29, 0.717) is 4.83 Å². The lowest BCUT2D eigenvalue weighted by atomic mass is 9.80. The molecule has 2 unspecified atom stereocenters. The van der Waals surface area contributed by atoms with Gasteiger partial charge in [-0.2, -0.15) is 0 Å². The van der Waals surface area contributed by atoms with Crippen molar-refractivity contribution in [2.24, 2.45) is 5.92 Å². The minimum absolute atomic E-state index is 0.691. The van der Waals surface area contributed by atoms with Gasteiger partial charge in [0, 0.05) is 4.83 Å². The molecule has 0 saturated heterocycles. The summed E-state index contributed by atoms with van der Waals surface area (Å²) in [5, 5.41) is 0. The molecule has 0 amide bonds. The summed E-state index contributed by atoms with van der Waals surface area (Å²) in [7, 11) is 0. The minimum atomic E-state index is 0.691. The second-order valence-corrected chi connectivity index (χ2v) is 7.16. The van der Waals surface area contributed by atoms with Gasteiger partial charge < -0.3 is 0 Å². The summed E-state index contributed by atoms with van der Waals surface area (Å²) in [5.41, 5.74) is 3.24. The first-order chi connectivity index (χ1) is 8.68. The first-order valence-corrected chi connectivity index (χ1v) is 8.32. The van der Waals surface area contributed by atoms with Crippen LogP contribution in [0.5, 0.6) is 0 Å². The number of fused-ring (bicyclic) bond motifs is 1. The van der Waals surface area contributed by atoms with Gasteiger partial charge >= 0.3 is 0 Å². The highest BCUT2D eigenvalue weighted by atomic mass is 79.9. The van der Waals surface area contributed by atoms with E-state index in [1.807, 2.05) is 0 Å². The molecule has 0 heterocycles. The van der Waals surface area contributed by atoms with Gasteiger partial charge in [0.1, 0.15) is 0 Å². The molecule has 0 spiro atoms. The van der Waals surface area contributed by atoms with Crippen molar-refractivity contribution in [3.8, 4) is 0 Å². The Kier molecular flexibility index (Phi) is 5.29. The van der Waals surface area contributed by atoms with Gasteiger partial charge in [-0.3, -0.25) is 0 Å². The van der Waals surface area contributed by atoms with Crippen molar-refractivity contribution in [2.45, 2.75) is 63.1 Å². The maximum Gasteiger partial charge on any atom is 0.0168 e. The van der Waals surface area contributed by atoms with Crippen LogP contribution in [0.4, 0.5) is 0 Å². The Hall–Kier alpha value is -0.300. The highest BCUT2D eigenvalue weighted by Crippen LogP contribution is 2.35. The SMILES string of the molecule is CC(C)C(Br)CCCC1CCCc2ccccc21. The predicted octanol–water partition coefficient (Wildman–Crippen LogP) is 5.70. The summed E-state index contributed by atoms with van der Waals surface area (Å²) in [6.07, 6.45) is 8.10. The Morgan fingerprint density at radius 3 is 2.83 bits per heavy atom. The van der Waals surface area contributed by atoms with Gasteiger partial charge in [-0.05, 0) is 55.1 Å². The third-order valence-electron chi connectivity index (χ3n) is 4.25. The van der Waals surface area contributed by atoms with Gasteiger partial charge in [-0.25, -0.2) is 0 Å². The molecule has 0 fully saturated rings. The maximum absolute atomic E-state index is 3.80. The Labute approximate surface area is 120 Å². The number of benzene rings is 1. The van der Waals surface area contributed by atoms with Crippen LogP contribution in [0, 0.1) is 5.92 Å². The molecule has 2 rings (SSSR count). The zero-order chi connectivity index (χ0) is 13.0. The van der Waals surface area contributed by atoms with Crippen LogP contribution in [0.3, 0.4) is 0 Å². The van der Waals surface area contributed by atoms with Gasteiger partial charge in [0.25, 0.3) is 0 Å². The van der Waals surface area contributed by atoms with Crippen molar-refractivity contribution < 1.29 is 0 Å². The van der Waals surface area contributed by atoms with Crippen molar-refractivity contribution >= 4 is 15.9 Å². The van der Waals surface area contributed by atoms with Crippen molar-refractivity contribution in [3.63, 3.8) is 0 Å². The van der Waals surface area contributed by atoms with E-state index in [1.165, 1.54) is 38.5 Å². The Morgan fingerprint density at radius 2 is 2.06 bits per heavy atom. The lowest BCUT2D eigenvalue weighted by molar-refractivity contribution is 0.475. The molecule has 18 heavy (non-hydrogen) atoms. The molecule has 0 aromatic heterocycles. The van der Waals surface area contributed by atoms with Crippen LogP contribution in [-0.2, 0) is 6.42 Å². The molecule has 1 aromatic carbocycles. The first kappa shape index (κ1) is 14.1. The summed E-state index contributed by atoms with van der Waals surface area (Å²) in [6, 6.07) is 9.07. The van der Waals surface area contributed by atoms with E-state index < -0.39 is 0 Å². The van der Waals surface area contributed by atoms with E-state index >= 15 is 0 Å². The monoisotopic (exact) mass is 308 g/mol. The number of hydrogen-bond donors (Lipinski definition) is 0. The van der Waals surface area contributed by atoms with Crippen LogP contribution in [-0.4, -0.2) is 4.83 Å². The molecular weight excluding hydrogens is 284 g/mol. The Balaban J connectivity index is 1.88. The molecule has 0 radical (unpaired) electrons. The van der Waals surface area contributed by atoms with Crippen molar-refractivity contribution in [3.05, 3.63) is 35.4 Å².